The number of nitrogens with one attached hydrogen (secondary N) is 1. The number of fused-ring (bicyclic) bond motifs is 1. The Hall–Kier alpha value is -5.06. The molecular formula is C20H10F3N9O2. The molecule has 0 atom stereocenters. The molecular weight excluding hydrogens is 455 g/mol. The maximum absolute atomic E-state index is 14.0. The summed E-state index contributed by atoms with van der Waals surface area (Å²) in [4.78, 5) is 21.9. The minimum Gasteiger partial charge on any atom is -0.443 e. The van der Waals surface area contributed by atoms with Gasteiger partial charge in [-0.05, 0) is 18.2 Å². The van der Waals surface area contributed by atoms with Crippen molar-refractivity contribution >= 4 is 22.7 Å². The predicted molar refractivity (Wildman–Crippen MR) is 108 cm³/mol. The topological polar surface area (TPSA) is 140 Å². The summed E-state index contributed by atoms with van der Waals surface area (Å²) < 4.78 is 47.8. The first-order chi connectivity index (χ1) is 16.4. The van der Waals surface area contributed by atoms with Gasteiger partial charge in [0, 0.05) is 0 Å². The molecule has 1 aromatic carbocycles. The molecule has 34 heavy (non-hydrogen) atoms. The van der Waals surface area contributed by atoms with E-state index in [-0.39, 0.29) is 33.9 Å². The Morgan fingerprint density at radius 1 is 1.12 bits per heavy atom. The summed E-state index contributed by atoms with van der Waals surface area (Å²) in [6.07, 6.45) is 0.910. The summed E-state index contributed by atoms with van der Waals surface area (Å²) in [5.41, 5.74) is -1.64. The van der Waals surface area contributed by atoms with Crippen LogP contribution in [0.15, 0.2) is 59.9 Å². The number of carbonyl (C=O) groups is 1. The van der Waals surface area contributed by atoms with E-state index in [2.05, 4.69) is 30.6 Å². The molecule has 1 amide bonds. The van der Waals surface area contributed by atoms with E-state index in [9.17, 15) is 23.2 Å². The minimum absolute atomic E-state index is 0.00144. The average Bonchev–Trinajstić information content (AvgIpc) is 3.58. The molecule has 0 unspecified atom stereocenters. The highest BCUT2D eigenvalue weighted by molar-refractivity contribution is 6.05. The van der Waals surface area contributed by atoms with Gasteiger partial charge in [0.15, 0.2) is 23.5 Å². The molecule has 168 valence electrons. The summed E-state index contributed by atoms with van der Waals surface area (Å²) in [6.45, 7) is 0. The van der Waals surface area contributed by atoms with Crippen molar-refractivity contribution in [2.45, 2.75) is 6.18 Å². The Morgan fingerprint density at radius 3 is 2.65 bits per heavy atom. The van der Waals surface area contributed by atoms with E-state index in [0.717, 1.165) is 17.4 Å². The van der Waals surface area contributed by atoms with Crippen LogP contribution in [0.3, 0.4) is 0 Å². The van der Waals surface area contributed by atoms with E-state index in [0.29, 0.717) is 4.68 Å². The van der Waals surface area contributed by atoms with E-state index < -0.39 is 23.3 Å². The summed E-state index contributed by atoms with van der Waals surface area (Å²) >= 11 is 0. The molecule has 0 radical (unpaired) electrons. The third kappa shape index (κ3) is 3.50. The summed E-state index contributed by atoms with van der Waals surface area (Å²) in [7, 11) is 0. The lowest BCUT2D eigenvalue weighted by Crippen LogP contribution is -2.21. The molecule has 0 saturated carbocycles. The number of nitrogens with zero attached hydrogens (tertiary/aromatic N) is 8. The first-order valence-corrected chi connectivity index (χ1v) is 9.43. The number of amides is 1. The van der Waals surface area contributed by atoms with Crippen molar-refractivity contribution in [2.24, 2.45) is 0 Å². The SMILES string of the molecule is N#Cc1cc(NC(=O)c2cnn(-c3cccc4ocnc34)c2C(F)(F)F)cnc1-n1nccn1. The fourth-order valence-corrected chi connectivity index (χ4v) is 3.30. The second-order valence-electron chi connectivity index (χ2n) is 6.77. The summed E-state index contributed by atoms with van der Waals surface area (Å²) in [5.74, 6) is -1.00. The van der Waals surface area contributed by atoms with Crippen molar-refractivity contribution in [3.8, 4) is 17.6 Å². The fraction of sp³-hybridized carbons (Fsp3) is 0.0500. The number of hydrogen-bond acceptors (Lipinski definition) is 8. The Balaban J connectivity index is 1.53. The zero-order chi connectivity index (χ0) is 23.9. The smallest absolute Gasteiger partial charge is 0.434 e. The van der Waals surface area contributed by atoms with E-state index in [1.54, 1.807) is 6.07 Å². The van der Waals surface area contributed by atoms with Crippen LogP contribution in [0.2, 0.25) is 0 Å². The highest BCUT2D eigenvalue weighted by Gasteiger charge is 2.41. The number of nitriles is 1. The van der Waals surface area contributed by atoms with Crippen LogP contribution in [0.4, 0.5) is 18.9 Å². The van der Waals surface area contributed by atoms with Crippen LogP contribution in [0.1, 0.15) is 21.6 Å². The molecule has 4 aromatic heterocycles. The molecule has 0 fully saturated rings. The highest BCUT2D eigenvalue weighted by atomic mass is 19.4. The molecule has 1 N–H and O–H groups in total. The van der Waals surface area contributed by atoms with Crippen molar-refractivity contribution in [3.05, 3.63) is 72.3 Å². The molecule has 0 aliphatic carbocycles. The van der Waals surface area contributed by atoms with Crippen LogP contribution in [0, 0.1) is 11.3 Å². The number of hydrogen-bond donors (Lipinski definition) is 1. The normalized spacial score (nSPS) is 11.5. The number of pyridine rings is 1. The number of aromatic nitrogens is 7. The van der Waals surface area contributed by atoms with Gasteiger partial charge in [-0.15, -0.1) is 4.80 Å². The number of benzene rings is 1. The Morgan fingerprint density at radius 2 is 1.91 bits per heavy atom. The van der Waals surface area contributed by atoms with Gasteiger partial charge in [0.25, 0.3) is 5.91 Å². The Bertz CT molecular complexity index is 1560. The van der Waals surface area contributed by atoms with E-state index in [4.69, 9.17) is 4.42 Å². The third-order valence-corrected chi connectivity index (χ3v) is 4.70. The van der Waals surface area contributed by atoms with Crippen LogP contribution in [-0.2, 0) is 6.18 Å². The standard InChI is InChI=1S/C20H10F3N9O2/c21-20(22,23)17-13(9-29-31(17)14-2-1-3-15-16(14)26-10-34-15)19(33)30-12-6-11(7-24)18(25-8-12)32-27-4-5-28-32/h1-6,8-10H,(H,30,33). The lowest BCUT2D eigenvalue weighted by Gasteiger charge is -2.13. The van der Waals surface area contributed by atoms with Crippen molar-refractivity contribution < 1.29 is 22.4 Å². The molecule has 4 heterocycles. The highest BCUT2D eigenvalue weighted by Crippen LogP contribution is 2.35. The van der Waals surface area contributed by atoms with Gasteiger partial charge < -0.3 is 9.73 Å². The zero-order valence-corrected chi connectivity index (χ0v) is 16.7. The Kier molecular flexibility index (Phi) is 4.79. The molecule has 5 aromatic rings. The molecule has 0 bridgehead atoms. The number of halogens is 3. The van der Waals surface area contributed by atoms with Crippen LogP contribution in [0.5, 0.6) is 0 Å². The minimum atomic E-state index is -4.93. The van der Waals surface area contributed by atoms with Gasteiger partial charge >= 0.3 is 6.18 Å². The van der Waals surface area contributed by atoms with Crippen molar-refractivity contribution in [1.29, 1.82) is 5.26 Å². The first kappa shape index (κ1) is 20.8. The lowest BCUT2D eigenvalue weighted by atomic mass is 10.2. The van der Waals surface area contributed by atoms with Gasteiger partial charge in [0.05, 0.1) is 41.7 Å². The maximum Gasteiger partial charge on any atom is 0.434 e. The number of alkyl halides is 3. The van der Waals surface area contributed by atoms with Gasteiger partial charge in [0.1, 0.15) is 17.1 Å². The number of rotatable bonds is 4. The molecule has 11 nitrogen and oxygen atoms in total. The monoisotopic (exact) mass is 465 g/mol. The van der Waals surface area contributed by atoms with Crippen LogP contribution < -0.4 is 5.32 Å². The van der Waals surface area contributed by atoms with E-state index >= 15 is 0 Å². The maximum atomic E-state index is 14.0. The predicted octanol–water partition coefficient (Wildman–Crippen LogP) is 3.13. The zero-order valence-electron chi connectivity index (χ0n) is 16.7. The van der Waals surface area contributed by atoms with E-state index in [1.165, 1.54) is 36.8 Å². The van der Waals surface area contributed by atoms with Crippen LogP contribution >= 0.6 is 0 Å². The number of para-hydroxylation sites is 1. The average molecular weight is 465 g/mol. The molecule has 0 spiro atoms. The van der Waals surface area contributed by atoms with Crippen molar-refractivity contribution in [1.82, 2.24) is 34.7 Å². The van der Waals surface area contributed by atoms with Crippen LogP contribution in [0.25, 0.3) is 22.6 Å². The van der Waals surface area contributed by atoms with Gasteiger partial charge in [-0.2, -0.15) is 33.7 Å². The van der Waals surface area contributed by atoms with Crippen LogP contribution in [-0.4, -0.2) is 40.6 Å². The number of carbonyl (C=O) groups excluding carboxylic acids is 1. The molecule has 5 rings (SSSR count). The third-order valence-electron chi connectivity index (χ3n) is 4.70. The lowest BCUT2D eigenvalue weighted by molar-refractivity contribution is -0.143. The number of anilines is 1. The summed E-state index contributed by atoms with van der Waals surface area (Å²) in [6, 6.07) is 7.53. The molecule has 0 aliphatic heterocycles. The molecule has 0 aliphatic rings. The van der Waals surface area contributed by atoms with Gasteiger partial charge in [-0.1, -0.05) is 6.07 Å². The van der Waals surface area contributed by atoms with Crippen molar-refractivity contribution in [2.75, 3.05) is 5.32 Å². The molecule has 0 saturated heterocycles. The first-order valence-electron chi connectivity index (χ1n) is 9.43. The number of oxazole rings is 1. The molecule has 14 heteroatoms. The van der Waals surface area contributed by atoms with E-state index in [1.807, 2.05) is 6.07 Å². The Labute approximate surface area is 187 Å². The largest absolute Gasteiger partial charge is 0.443 e. The quantitative estimate of drug-likeness (QED) is 0.427. The van der Waals surface area contributed by atoms with Gasteiger partial charge in [0.2, 0.25) is 0 Å². The van der Waals surface area contributed by atoms with Gasteiger partial charge in [-0.25, -0.2) is 14.6 Å². The fourth-order valence-electron chi connectivity index (χ4n) is 3.30. The second kappa shape index (κ2) is 7.81. The second-order valence-corrected chi connectivity index (χ2v) is 6.77. The van der Waals surface area contributed by atoms with Gasteiger partial charge in [-0.3, -0.25) is 4.79 Å². The van der Waals surface area contributed by atoms with Crippen molar-refractivity contribution in [3.63, 3.8) is 0 Å². The summed E-state index contributed by atoms with van der Waals surface area (Å²) in [5, 5.41) is 23.3.